The Hall–Kier alpha value is -4.85. The minimum atomic E-state index is -1.59. The Morgan fingerprint density at radius 1 is 1.06 bits per heavy atom. The lowest BCUT2D eigenvalue weighted by Gasteiger charge is -2.32. The summed E-state index contributed by atoms with van der Waals surface area (Å²) in [5.74, 6) is -1.92. The van der Waals surface area contributed by atoms with E-state index in [0.717, 1.165) is 5.56 Å². The van der Waals surface area contributed by atoms with Crippen LogP contribution in [-0.2, 0) is 32.0 Å². The summed E-state index contributed by atoms with van der Waals surface area (Å²) >= 11 is 0. The number of hydrogen-bond acceptors (Lipinski definition) is 9. The van der Waals surface area contributed by atoms with Crippen molar-refractivity contribution in [1.82, 2.24) is 21.3 Å². The van der Waals surface area contributed by atoms with E-state index in [9.17, 15) is 29.4 Å². The van der Waals surface area contributed by atoms with Gasteiger partial charge in [0.1, 0.15) is 23.1 Å². The van der Waals surface area contributed by atoms with Crippen molar-refractivity contribution in [3.05, 3.63) is 53.6 Å². The van der Waals surface area contributed by atoms with Crippen molar-refractivity contribution in [3.8, 4) is 17.2 Å². The molecule has 47 heavy (non-hydrogen) atoms. The molecule has 14 heteroatoms. The second-order valence-electron chi connectivity index (χ2n) is 11.9. The number of carbonyl (C=O) groups excluding carboxylic acids is 3. The summed E-state index contributed by atoms with van der Waals surface area (Å²) in [6.45, 7) is 2.09. The number of nitrogens with one attached hydrogen (secondary N) is 5. The third-order valence-corrected chi connectivity index (χ3v) is 8.22. The summed E-state index contributed by atoms with van der Waals surface area (Å²) in [7, 11) is 2.97. The summed E-state index contributed by atoms with van der Waals surface area (Å²) in [6, 6.07) is 9.94. The van der Waals surface area contributed by atoms with Gasteiger partial charge in [-0.3, -0.25) is 19.8 Å². The van der Waals surface area contributed by atoms with E-state index < -0.39 is 35.4 Å². The van der Waals surface area contributed by atoms with Crippen LogP contribution in [0.25, 0.3) is 0 Å². The number of methoxy groups -OCH3 is 2. The van der Waals surface area contributed by atoms with E-state index in [1.807, 2.05) is 12.1 Å². The van der Waals surface area contributed by atoms with Crippen molar-refractivity contribution in [2.24, 2.45) is 11.7 Å². The maximum absolute atomic E-state index is 13.8. The van der Waals surface area contributed by atoms with Crippen molar-refractivity contribution >= 4 is 29.5 Å². The molecule has 0 saturated carbocycles. The molecule has 2 aromatic carbocycles. The van der Waals surface area contributed by atoms with Crippen LogP contribution in [0.3, 0.4) is 0 Å². The van der Waals surface area contributed by atoms with Gasteiger partial charge in [0.15, 0.2) is 17.5 Å². The van der Waals surface area contributed by atoms with E-state index in [0.29, 0.717) is 49.3 Å². The third kappa shape index (κ3) is 10.9. The number of aliphatic carboxylic acids is 1. The first-order chi connectivity index (χ1) is 22.3. The van der Waals surface area contributed by atoms with Gasteiger partial charge in [0.05, 0.1) is 20.3 Å². The number of guanidine groups is 1. The monoisotopic (exact) mass is 654 g/mol. The van der Waals surface area contributed by atoms with Crippen LogP contribution in [0.4, 0.5) is 0 Å². The van der Waals surface area contributed by atoms with E-state index in [1.54, 1.807) is 30.3 Å². The maximum atomic E-state index is 13.8. The first kappa shape index (κ1) is 36.6. The molecule has 1 unspecified atom stereocenters. The minimum absolute atomic E-state index is 0.00447. The molecular weight excluding hydrogens is 608 g/mol. The normalized spacial score (nSPS) is 17.5. The molecule has 4 atom stereocenters. The molecule has 2 amide bonds. The molecule has 2 aromatic rings. The second-order valence-corrected chi connectivity index (χ2v) is 11.9. The van der Waals surface area contributed by atoms with Crippen LogP contribution >= 0.6 is 0 Å². The molecule has 9 N–H and O–H groups in total. The van der Waals surface area contributed by atoms with E-state index in [-0.39, 0.29) is 49.2 Å². The molecule has 0 bridgehead atoms. The SMILES string of the molecule is COc1ccc(C[C@](C)(NC(=O)[C@@H]2CC(C(=O)CCCc3ccc(O)cc3)CN2)C(=O)N[C@@H](CCCNC(=N)N)C(=O)O)cc1OC. The van der Waals surface area contributed by atoms with Crippen LogP contribution in [0.15, 0.2) is 42.5 Å². The van der Waals surface area contributed by atoms with Gasteiger partial charge in [-0.25, -0.2) is 4.79 Å². The van der Waals surface area contributed by atoms with E-state index in [1.165, 1.54) is 21.1 Å². The van der Waals surface area contributed by atoms with Crippen LogP contribution in [-0.4, -0.2) is 84.7 Å². The van der Waals surface area contributed by atoms with Crippen molar-refractivity contribution in [2.45, 2.75) is 69.5 Å². The molecule has 0 spiro atoms. The summed E-state index contributed by atoms with van der Waals surface area (Å²) in [4.78, 5) is 52.3. The number of amides is 2. The number of aromatic hydroxyl groups is 1. The number of phenols is 1. The number of carbonyl (C=O) groups is 4. The summed E-state index contributed by atoms with van der Waals surface area (Å²) in [5.41, 5.74) is 5.34. The molecule has 256 valence electrons. The fourth-order valence-corrected chi connectivity index (χ4v) is 5.56. The fraction of sp³-hybridized carbons (Fsp3) is 0.485. The number of nitrogens with two attached hydrogens (primary N) is 1. The van der Waals surface area contributed by atoms with Gasteiger partial charge in [-0.1, -0.05) is 18.2 Å². The number of hydrogen-bond donors (Lipinski definition) is 8. The summed E-state index contributed by atoms with van der Waals surface area (Å²) in [5, 5.41) is 37.6. The summed E-state index contributed by atoms with van der Waals surface area (Å²) in [6.07, 6.45) is 2.29. The number of rotatable bonds is 18. The first-order valence-electron chi connectivity index (χ1n) is 15.5. The zero-order chi connectivity index (χ0) is 34.6. The lowest BCUT2D eigenvalue weighted by Crippen LogP contribution is -2.62. The number of ketones is 1. The standard InChI is InChI=1S/C33H46N6O8/c1-33(18-21-11-14-27(46-2)28(16-21)47-3,31(45)38-24(30(43)44)7-5-15-36-32(34)35)39-29(42)25-17-22(19-37-25)26(41)8-4-6-20-9-12-23(40)13-10-20/h9-14,16,22,24-25,37,40H,4-8,15,17-19H2,1-3H3,(H,38,45)(H,39,42)(H,43,44)(H4,34,35,36)/t22?,24-,25-,33-/m0/s1. The van der Waals surface area contributed by atoms with Gasteiger partial charge in [-0.05, 0) is 74.4 Å². The highest BCUT2D eigenvalue weighted by molar-refractivity contribution is 5.95. The van der Waals surface area contributed by atoms with E-state index in [4.69, 9.17) is 20.6 Å². The van der Waals surface area contributed by atoms with Gasteiger partial charge in [-0.2, -0.15) is 0 Å². The number of ether oxygens (including phenoxy) is 2. The molecule has 1 saturated heterocycles. The Morgan fingerprint density at radius 3 is 2.38 bits per heavy atom. The van der Waals surface area contributed by atoms with Crippen LogP contribution in [0, 0.1) is 11.3 Å². The number of Topliss-reactive ketones (excluding diaryl/α,β-unsaturated/α-hetero) is 1. The Morgan fingerprint density at radius 2 is 1.74 bits per heavy atom. The van der Waals surface area contributed by atoms with Crippen LogP contribution in [0.5, 0.6) is 17.2 Å². The quantitative estimate of drug-likeness (QED) is 0.0648. The van der Waals surface area contributed by atoms with Crippen LogP contribution < -0.4 is 36.5 Å². The second kappa shape index (κ2) is 17.2. The number of carboxylic acid groups (broad SMARTS) is 1. The molecule has 0 radical (unpaired) electrons. The maximum Gasteiger partial charge on any atom is 0.326 e. The lowest BCUT2D eigenvalue weighted by molar-refractivity contribution is -0.143. The minimum Gasteiger partial charge on any atom is -0.508 e. The molecule has 3 rings (SSSR count). The topological polar surface area (TPSA) is 225 Å². The van der Waals surface area contributed by atoms with Crippen LogP contribution in [0.2, 0.25) is 0 Å². The molecule has 1 heterocycles. The molecule has 14 nitrogen and oxygen atoms in total. The first-order valence-corrected chi connectivity index (χ1v) is 15.5. The molecule has 1 fully saturated rings. The number of carboxylic acids is 1. The van der Waals surface area contributed by atoms with Gasteiger partial charge in [0, 0.05) is 31.8 Å². The van der Waals surface area contributed by atoms with Gasteiger partial charge >= 0.3 is 5.97 Å². The Bertz CT molecular complexity index is 1420. The largest absolute Gasteiger partial charge is 0.508 e. The highest BCUT2D eigenvalue weighted by Gasteiger charge is 2.41. The Balaban J connectivity index is 1.70. The van der Waals surface area contributed by atoms with Crippen molar-refractivity contribution < 1.29 is 38.9 Å². The zero-order valence-electron chi connectivity index (χ0n) is 27.1. The zero-order valence-corrected chi connectivity index (χ0v) is 27.1. The van der Waals surface area contributed by atoms with Crippen molar-refractivity contribution in [3.63, 3.8) is 0 Å². The highest BCUT2D eigenvalue weighted by atomic mass is 16.5. The Labute approximate surface area is 274 Å². The molecule has 0 aromatic heterocycles. The Kier molecular flexibility index (Phi) is 13.4. The molecule has 1 aliphatic rings. The average molecular weight is 655 g/mol. The van der Waals surface area contributed by atoms with Gasteiger partial charge in [-0.15, -0.1) is 0 Å². The van der Waals surface area contributed by atoms with Crippen LogP contribution in [0.1, 0.15) is 50.2 Å². The van der Waals surface area contributed by atoms with E-state index in [2.05, 4.69) is 21.3 Å². The van der Waals surface area contributed by atoms with Crippen molar-refractivity contribution in [1.29, 1.82) is 5.41 Å². The van der Waals surface area contributed by atoms with Gasteiger partial charge in [0.2, 0.25) is 11.8 Å². The molecular formula is C33H46N6O8. The molecule has 0 aliphatic carbocycles. The number of benzene rings is 2. The van der Waals surface area contributed by atoms with Crippen molar-refractivity contribution in [2.75, 3.05) is 27.3 Å². The lowest BCUT2D eigenvalue weighted by atomic mass is 9.89. The predicted molar refractivity (Wildman–Crippen MR) is 174 cm³/mol. The number of phenolic OH excluding ortho intramolecular Hbond substituents is 1. The summed E-state index contributed by atoms with van der Waals surface area (Å²) < 4.78 is 10.7. The third-order valence-electron chi connectivity index (χ3n) is 8.22. The van der Waals surface area contributed by atoms with Gasteiger partial charge in [0.25, 0.3) is 0 Å². The fourth-order valence-electron chi connectivity index (χ4n) is 5.56. The average Bonchev–Trinajstić information content (AvgIpc) is 3.54. The number of aryl methyl sites for hydroxylation is 1. The van der Waals surface area contributed by atoms with E-state index >= 15 is 0 Å². The highest BCUT2D eigenvalue weighted by Crippen LogP contribution is 2.29. The van der Waals surface area contributed by atoms with Gasteiger partial charge < -0.3 is 46.7 Å². The predicted octanol–water partition coefficient (Wildman–Crippen LogP) is 1.23. The molecule has 1 aliphatic heterocycles. The smallest absolute Gasteiger partial charge is 0.326 e.